The molecule has 2 aromatic rings. The van der Waals surface area contributed by atoms with E-state index in [1.165, 1.54) is 4.90 Å². The van der Waals surface area contributed by atoms with Gasteiger partial charge in [0.05, 0.1) is 17.8 Å². The van der Waals surface area contributed by atoms with Crippen molar-refractivity contribution in [3.63, 3.8) is 0 Å². The second-order valence-corrected chi connectivity index (χ2v) is 5.32. The van der Waals surface area contributed by atoms with Crippen molar-refractivity contribution in [1.29, 1.82) is 0 Å². The second kappa shape index (κ2) is 3.14. The first kappa shape index (κ1) is 9.31. The van der Waals surface area contributed by atoms with Crippen LogP contribution in [0, 0.1) is 0 Å². The van der Waals surface area contributed by atoms with Gasteiger partial charge in [0.25, 0.3) is 0 Å². The topological polar surface area (TPSA) is 20.3 Å². The first-order valence-electron chi connectivity index (χ1n) is 5.56. The standard InChI is InChI=1S/C14H9NOS/c16-13-8-9-4-3-7-12-14(9)15(13)10-5-1-2-6-11(10)17-12/h1-7H,8H2. The first-order valence-corrected chi connectivity index (χ1v) is 6.38. The predicted molar refractivity (Wildman–Crippen MR) is 67.9 cm³/mol. The summed E-state index contributed by atoms with van der Waals surface area (Å²) in [6.45, 7) is 0. The van der Waals surface area contributed by atoms with Crippen LogP contribution in [0.2, 0.25) is 0 Å². The summed E-state index contributed by atoms with van der Waals surface area (Å²) >= 11 is 1.75. The lowest BCUT2D eigenvalue weighted by Gasteiger charge is -2.27. The Morgan fingerprint density at radius 3 is 2.76 bits per heavy atom. The number of nitrogens with zero attached hydrogens (tertiary/aromatic N) is 1. The molecule has 0 bridgehead atoms. The highest BCUT2D eigenvalue weighted by Crippen LogP contribution is 2.51. The lowest BCUT2D eigenvalue weighted by Crippen LogP contribution is -2.23. The van der Waals surface area contributed by atoms with E-state index in [0.29, 0.717) is 6.42 Å². The molecule has 0 saturated heterocycles. The Bertz CT molecular complexity index is 650. The van der Waals surface area contributed by atoms with Gasteiger partial charge in [0.1, 0.15) is 0 Å². The lowest BCUT2D eigenvalue weighted by molar-refractivity contribution is -0.116. The van der Waals surface area contributed by atoms with Gasteiger partial charge in [0, 0.05) is 9.79 Å². The third-order valence-corrected chi connectivity index (χ3v) is 4.34. The molecule has 3 heteroatoms. The van der Waals surface area contributed by atoms with E-state index >= 15 is 0 Å². The van der Waals surface area contributed by atoms with E-state index < -0.39 is 0 Å². The fourth-order valence-electron chi connectivity index (χ4n) is 2.51. The molecule has 2 aliphatic heterocycles. The van der Waals surface area contributed by atoms with Gasteiger partial charge in [-0.3, -0.25) is 9.69 Å². The molecule has 2 nitrogen and oxygen atoms in total. The summed E-state index contributed by atoms with van der Waals surface area (Å²) in [7, 11) is 0. The van der Waals surface area contributed by atoms with Crippen LogP contribution in [0.25, 0.3) is 0 Å². The monoisotopic (exact) mass is 239 g/mol. The summed E-state index contributed by atoms with van der Waals surface area (Å²) in [4.78, 5) is 16.3. The number of hydrogen-bond acceptors (Lipinski definition) is 2. The van der Waals surface area contributed by atoms with Crippen LogP contribution in [0.4, 0.5) is 11.4 Å². The molecule has 2 aromatic carbocycles. The van der Waals surface area contributed by atoms with Crippen LogP contribution in [0.3, 0.4) is 0 Å². The molecule has 0 radical (unpaired) electrons. The van der Waals surface area contributed by atoms with E-state index in [1.54, 1.807) is 11.8 Å². The molecular weight excluding hydrogens is 230 g/mol. The van der Waals surface area contributed by atoms with Crippen LogP contribution in [0.15, 0.2) is 52.3 Å². The van der Waals surface area contributed by atoms with Gasteiger partial charge in [0.15, 0.2) is 0 Å². The maximum absolute atomic E-state index is 12.1. The molecule has 0 aromatic heterocycles. The molecule has 2 heterocycles. The Hall–Kier alpha value is -1.74. The summed E-state index contributed by atoms with van der Waals surface area (Å²) in [5.74, 6) is 0.181. The molecule has 0 fully saturated rings. The number of anilines is 2. The molecular formula is C14H9NOS. The summed E-state index contributed by atoms with van der Waals surface area (Å²) < 4.78 is 0. The van der Waals surface area contributed by atoms with Crippen LogP contribution >= 0.6 is 11.8 Å². The van der Waals surface area contributed by atoms with Crippen LogP contribution in [0.5, 0.6) is 0 Å². The number of hydrogen-bond donors (Lipinski definition) is 0. The van der Waals surface area contributed by atoms with Crippen LogP contribution < -0.4 is 4.90 Å². The number of para-hydroxylation sites is 2. The summed E-state index contributed by atoms with van der Waals surface area (Å²) in [5, 5.41) is 0. The van der Waals surface area contributed by atoms with Gasteiger partial charge in [-0.2, -0.15) is 0 Å². The van der Waals surface area contributed by atoms with Crippen molar-refractivity contribution in [1.82, 2.24) is 0 Å². The van der Waals surface area contributed by atoms with Crippen molar-refractivity contribution < 1.29 is 4.79 Å². The van der Waals surface area contributed by atoms with Crippen LogP contribution in [-0.4, -0.2) is 5.91 Å². The van der Waals surface area contributed by atoms with Gasteiger partial charge in [-0.1, -0.05) is 36.0 Å². The van der Waals surface area contributed by atoms with Gasteiger partial charge in [0.2, 0.25) is 5.91 Å². The highest BCUT2D eigenvalue weighted by Gasteiger charge is 2.35. The van der Waals surface area contributed by atoms with Crippen LogP contribution in [0.1, 0.15) is 5.56 Å². The number of carbonyl (C=O) groups excluding carboxylic acids is 1. The minimum atomic E-state index is 0.181. The molecule has 2 aliphatic rings. The third kappa shape index (κ3) is 1.15. The maximum Gasteiger partial charge on any atom is 0.236 e. The van der Waals surface area contributed by atoms with Crippen molar-refractivity contribution in [2.45, 2.75) is 16.2 Å². The van der Waals surface area contributed by atoms with Crippen molar-refractivity contribution >= 4 is 29.0 Å². The van der Waals surface area contributed by atoms with E-state index in [-0.39, 0.29) is 5.91 Å². The zero-order valence-electron chi connectivity index (χ0n) is 9.01. The smallest absolute Gasteiger partial charge is 0.236 e. The Balaban J connectivity index is 2.05. The molecule has 4 rings (SSSR count). The van der Waals surface area contributed by atoms with E-state index in [4.69, 9.17) is 0 Å². The summed E-state index contributed by atoms with van der Waals surface area (Å²) in [5.41, 5.74) is 3.27. The third-order valence-electron chi connectivity index (χ3n) is 3.22. The predicted octanol–water partition coefficient (Wildman–Crippen LogP) is 3.37. The SMILES string of the molecule is O=C1Cc2cccc3c2N1c1ccccc1S3. The summed E-state index contributed by atoms with van der Waals surface area (Å²) in [6.07, 6.45) is 0.526. The number of benzene rings is 2. The number of carbonyl (C=O) groups is 1. The maximum atomic E-state index is 12.1. The van der Waals surface area contributed by atoms with Gasteiger partial charge in [-0.05, 0) is 23.8 Å². The zero-order valence-corrected chi connectivity index (χ0v) is 9.83. The number of amides is 1. The number of rotatable bonds is 0. The van der Waals surface area contributed by atoms with Gasteiger partial charge in [-0.15, -0.1) is 0 Å². The van der Waals surface area contributed by atoms with E-state index in [9.17, 15) is 4.79 Å². The Morgan fingerprint density at radius 2 is 1.82 bits per heavy atom. The normalized spacial score (nSPS) is 15.8. The average molecular weight is 239 g/mol. The summed E-state index contributed by atoms with van der Waals surface area (Å²) in [6, 6.07) is 14.3. The van der Waals surface area contributed by atoms with E-state index in [2.05, 4.69) is 12.1 Å². The molecule has 1 amide bonds. The highest BCUT2D eigenvalue weighted by molar-refractivity contribution is 7.99. The Kier molecular flexibility index (Phi) is 1.72. The molecule has 0 unspecified atom stereocenters. The molecule has 0 spiro atoms. The van der Waals surface area contributed by atoms with Crippen molar-refractivity contribution in [3.8, 4) is 0 Å². The zero-order chi connectivity index (χ0) is 11.4. The molecule has 0 saturated carbocycles. The van der Waals surface area contributed by atoms with E-state index in [1.807, 2.05) is 35.2 Å². The first-order chi connectivity index (χ1) is 8.34. The fraction of sp³-hybridized carbons (Fsp3) is 0.0714. The van der Waals surface area contributed by atoms with Crippen molar-refractivity contribution in [2.24, 2.45) is 0 Å². The Labute approximate surface area is 103 Å². The Morgan fingerprint density at radius 1 is 1.00 bits per heavy atom. The highest BCUT2D eigenvalue weighted by atomic mass is 32.2. The van der Waals surface area contributed by atoms with Gasteiger partial charge >= 0.3 is 0 Å². The molecule has 0 aliphatic carbocycles. The molecule has 0 N–H and O–H groups in total. The van der Waals surface area contributed by atoms with Crippen LogP contribution in [-0.2, 0) is 11.2 Å². The minimum absolute atomic E-state index is 0.181. The lowest BCUT2D eigenvalue weighted by atomic mass is 10.1. The average Bonchev–Trinajstić information content (AvgIpc) is 2.69. The van der Waals surface area contributed by atoms with Crippen molar-refractivity contribution in [2.75, 3.05) is 4.90 Å². The quantitative estimate of drug-likeness (QED) is 0.702. The largest absolute Gasteiger partial charge is 0.278 e. The number of fused-ring (bicyclic) bond motifs is 2. The molecule has 17 heavy (non-hydrogen) atoms. The van der Waals surface area contributed by atoms with Crippen molar-refractivity contribution in [3.05, 3.63) is 48.0 Å². The van der Waals surface area contributed by atoms with E-state index in [0.717, 1.165) is 21.8 Å². The molecule has 82 valence electrons. The van der Waals surface area contributed by atoms with Gasteiger partial charge in [-0.25, -0.2) is 0 Å². The second-order valence-electron chi connectivity index (χ2n) is 4.24. The van der Waals surface area contributed by atoms with Gasteiger partial charge < -0.3 is 0 Å². The minimum Gasteiger partial charge on any atom is -0.278 e. The fourth-order valence-corrected chi connectivity index (χ4v) is 3.63. The molecule has 0 atom stereocenters.